The van der Waals surface area contributed by atoms with Gasteiger partial charge in [-0.05, 0) is 43.8 Å². The summed E-state index contributed by atoms with van der Waals surface area (Å²) < 4.78 is 73.4. The average molecular weight is 318 g/mol. The summed E-state index contributed by atoms with van der Waals surface area (Å²) >= 11 is 0. The molecule has 1 aromatic rings. The van der Waals surface area contributed by atoms with Gasteiger partial charge in [0.15, 0.2) is 0 Å². The molecule has 3 unspecified atom stereocenters. The molecule has 22 heavy (non-hydrogen) atoms. The third kappa shape index (κ3) is 4.95. The molecule has 0 saturated carbocycles. The van der Waals surface area contributed by atoms with Crippen LogP contribution in [0.5, 0.6) is 5.75 Å². The largest absolute Gasteiger partial charge is 0.491 e. The van der Waals surface area contributed by atoms with Crippen LogP contribution in [-0.4, -0.2) is 52.3 Å². The van der Waals surface area contributed by atoms with E-state index in [1.165, 1.54) is 0 Å². The molecule has 5 nitrogen and oxygen atoms in total. The van der Waals surface area contributed by atoms with Crippen LogP contribution < -0.4 is 10.1 Å². The number of aliphatic hydroxyl groups excluding tert-OH is 3. The quantitative estimate of drug-likeness (QED) is 0.640. The van der Waals surface area contributed by atoms with Crippen LogP contribution in [0.1, 0.15) is 44.0 Å². The van der Waals surface area contributed by atoms with Crippen LogP contribution in [0, 0.1) is 0 Å². The van der Waals surface area contributed by atoms with Crippen LogP contribution >= 0.6 is 0 Å². The average Bonchev–Trinajstić information content (AvgIpc) is 2.57. The van der Waals surface area contributed by atoms with E-state index in [-0.39, 0.29) is 13.0 Å². The van der Waals surface area contributed by atoms with Gasteiger partial charge < -0.3 is 25.4 Å². The van der Waals surface area contributed by atoms with E-state index in [4.69, 9.17) is 17.1 Å². The molecular weight excluding hydrogens is 282 g/mol. The molecule has 0 bridgehead atoms. The van der Waals surface area contributed by atoms with E-state index in [9.17, 15) is 15.3 Å². The molecule has 3 atom stereocenters. The Kier molecular flexibility index (Phi) is 2.73. The minimum atomic E-state index is -3.41. The zero-order valence-corrected chi connectivity index (χ0v) is 12.0. The number of aliphatic hydroxyl groups is 3. The van der Waals surface area contributed by atoms with Crippen LogP contribution in [0.15, 0.2) is 18.2 Å². The fourth-order valence-corrected chi connectivity index (χ4v) is 2.33. The molecule has 0 aromatic heterocycles. The lowest BCUT2D eigenvalue weighted by molar-refractivity contribution is 0.0140. The summed E-state index contributed by atoms with van der Waals surface area (Å²) in [5.41, 5.74) is -1.60. The molecule has 0 heterocycles. The lowest BCUT2D eigenvalue weighted by Gasteiger charge is -2.26. The highest BCUT2D eigenvalue weighted by Gasteiger charge is 2.25. The zero-order chi connectivity index (χ0) is 23.8. The summed E-state index contributed by atoms with van der Waals surface area (Å²) in [5.74, 6) is 0.343. The topological polar surface area (TPSA) is 82.0 Å². The third-order valence-electron chi connectivity index (χ3n) is 3.53. The molecule has 5 heteroatoms. The van der Waals surface area contributed by atoms with Crippen molar-refractivity contribution in [3.05, 3.63) is 29.3 Å². The van der Waals surface area contributed by atoms with E-state index >= 15 is 0 Å². The Bertz CT molecular complexity index is 727. The molecule has 1 aromatic carbocycles. The molecular formula is C17H27NO4. The molecule has 0 spiro atoms. The van der Waals surface area contributed by atoms with Gasteiger partial charge in [-0.25, -0.2) is 0 Å². The molecule has 2 rings (SSSR count). The smallest absolute Gasteiger partial charge is 0.119 e. The minimum absolute atomic E-state index is 0.232. The predicted molar refractivity (Wildman–Crippen MR) is 85.1 cm³/mol. The van der Waals surface area contributed by atoms with Crippen LogP contribution in [0.4, 0.5) is 0 Å². The first kappa shape index (κ1) is 8.64. The van der Waals surface area contributed by atoms with Crippen molar-refractivity contribution in [2.75, 3.05) is 13.2 Å². The molecule has 0 saturated heterocycles. The van der Waals surface area contributed by atoms with Crippen molar-refractivity contribution in [3.63, 3.8) is 0 Å². The highest BCUT2D eigenvalue weighted by Crippen LogP contribution is 2.26. The maximum Gasteiger partial charge on any atom is 0.119 e. The summed E-state index contributed by atoms with van der Waals surface area (Å²) in [5, 5.41) is 31.8. The second-order valence-electron chi connectivity index (χ2n) is 5.57. The van der Waals surface area contributed by atoms with Crippen molar-refractivity contribution in [2.24, 2.45) is 0 Å². The van der Waals surface area contributed by atoms with Gasteiger partial charge >= 0.3 is 0 Å². The molecule has 0 amide bonds. The van der Waals surface area contributed by atoms with Gasteiger partial charge in [-0.3, -0.25) is 0 Å². The molecule has 124 valence electrons. The van der Waals surface area contributed by atoms with Crippen LogP contribution in [0.2, 0.25) is 0 Å². The van der Waals surface area contributed by atoms with E-state index in [2.05, 4.69) is 5.32 Å². The third-order valence-corrected chi connectivity index (χ3v) is 3.53. The molecule has 0 radical (unpaired) electrons. The van der Waals surface area contributed by atoms with Gasteiger partial charge in [0.2, 0.25) is 0 Å². The molecule has 4 N–H and O–H groups in total. The second-order valence-corrected chi connectivity index (χ2v) is 5.57. The van der Waals surface area contributed by atoms with E-state index in [1.807, 2.05) is 0 Å². The standard InChI is InChI=1S/C17H27NO4/c1-17(2,3)18-9-13(19)10-22-14-5-4-11-7-15(20)16(21)8-12(11)6-14/h4-6,13,15-16,18-21H,7-10H2,1-3H3/i1D3,2D3,3D3. The maximum atomic E-state index is 10.2. The van der Waals surface area contributed by atoms with Crippen LogP contribution in [-0.2, 0) is 12.8 Å². The molecule has 0 fully saturated rings. The number of fused-ring (bicyclic) bond motifs is 1. The van der Waals surface area contributed by atoms with Crippen molar-refractivity contribution in [2.45, 2.75) is 57.2 Å². The van der Waals surface area contributed by atoms with Gasteiger partial charge in [-0.15, -0.1) is 0 Å². The van der Waals surface area contributed by atoms with E-state index in [0.717, 1.165) is 11.1 Å². The number of rotatable bonds is 5. The number of hydrogen-bond donors (Lipinski definition) is 4. The Morgan fingerprint density at radius 1 is 1.27 bits per heavy atom. The summed E-state index contributed by atoms with van der Waals surface area (Å²) in [7, 11) is 0. The van der Waals surface area contributed by atoms with Gasteiger partial charge in [-0.1, -0.05) is 6.07 Å². The second kappa shape index (κ2) is 6.96. The Hall–Kier alpha value is -1.14. The van der Waals surface area contributed by atoms with Crippen molar-refractivity contribution < 1.29 is 32.4 Å². The predicted octanol–water partition coefficient (Wildman–Crippen LogP) is 0.635. The number of benzene rings is 1. The Balaban J connectivity index is 2.07. The number of nitrogens with one attached hydrogen (secondary N) is 1. The Labute approximate surface area is 144 Å². The Morgan fingerprint density at radius 2 is 1.95 bits per heavy atom. The van der Waals surface area contributed by atoms with E-state index in [1.54, 1.807) is 18.2 Å². The van der Waals surface area contributed by atoms with Crippen molar-refractivity contribution in [1.82, 2.24) is 5.32 Å². The monoisotopic (exact) mass is 318 g/mol. The van der Waals surface area contributed by atoms with Gasteiger partial charge in [0.25, 0.3) is 0 Å². The van der Waals surface area contributed by atoms with Crippen molar-refractivity contribution in [1.29, 1.82) is 0 Å². The molecule has 1 aliphatic carbocycles. The zero-order valence-electron chi connectivity index (χ0n) is 21.0. The van der Waals surface area contributed by atoms with Gasteiger partial charge in [0, 0.05) is 37.3 Å². The van der Waals surface area contributed by atoms with E-state index < -0.39 is 51.0 Å². The van der Waals surface area contributed by atoms with Gasteiger partial charge in [0.05, 0.1) is 12.2 Å². The number of β-amino-alcohol motifs (C(OH)–C–C–N with tert-alkyl or cyclic N) is 1. The molecule has 0 aliphatic heterocycles. The highest BCUT2D eigenvalue weighted by atomic mass is 16.5. The summed E-state index contributed by atoms with van der Waals surface area (Å²) in [6.45, 7) is -11.2. The number of ether oxygens (including phenoxy) is 1. The van der Waals surface area contributed by atoms with Crippen molar-refractivity contribution in [3.8, 4) is 5.75 Å². The highest BCUT2D eigenvalue weighted by molar-refractivity contribution is 5.38. The SMILES string of the molecule is [2H]C([2H])([2H])C(NCC(O)COc1ccc2c(c1)CC(O)C(O)C2)(C([2H])([2H])[2H])C([2H])([2H])[2H]. The fraction of sp³-hybridized carbons (Fsp3) is 0.647. The molecule has 1 aliphatic rings. The lowest BCUT2D eigenvalue weighted by Crippen LogP contribution is -2.42. The fourth-order valence-electron chi connectivity index (χ4n) is 2.33. The van der Waals surface area contributed by atoms with E-state index in [0.29, 0.717) is 12.2 Å². The first-order valence-corrected chi connectivity index (χ1v) is 7.03. The number of hydrogen-bond acceptors (Lipinski definition) is 5. The van der Waals surface area contributed by atoms with Gasteiger partial charge in [0.1, 0.15) is 18.5 Å². The minimum Gasteiger partial charge on any atom is -0.491 e. The van der Waals surface area contributed by atoms with Crippen molar-refractivity contribution >= 4 is 0 Å². The lowest BCUT2D eigenvalue weighted by atomic mass is 9.88. The Morgan fingerprint density at radius 3 is 2.64 bits per heavy atom. The van der Waals surface area contributed by atoms with Crippen LogP contribution in [0.3, 0.4) is 0 Å². The van der Waals surface area contributed by atoms with Crippen LogP contribution in [0.25, 0.3) is 0 Å². The summed E-state index contributed by atoms with van der Waals surface area (Å²) in [6, 6.07) is 4.95. The summed E-state index contributed by atoms with van der Waals surface area (Å²) in [6.07, 6.45) is -2.62. The first-order chi connectivity index (χ1) is 14.0. The summed E-state index contributed by atoms with van der Waals surface area (Å²) in [4.78, 5) is 0. The normalized spacial score (nSPS) is 30.8. The maximum absolute atomic E-state index is 10.2. The first-order valence-electron chi connectivity index (χ1n) is 11.5. The van der Waals surface area contributed by atoms with Gasteiger partial charge in [-0.2, -0.15) is 0 Å².